The number of aliphatic hydroxyl groups excluding tert-OH is 1. The van der Waals surface area contributed by atoms with Gasteiger partial charge in [0, 0.05) is 32.1 Å². The van der Waals surface area contributed by atoms with Gasteiger partial charge in [-0.1, -0.05) is 30.3 Å². The Hall–Kier alpha value is -1.39. The van der Waals surface area contributed by atoms with Crippen LogP contribution in [0, 0.1) is 0 Å². The maximum absolute atomic E-state index is 11.0. The maximum Gasteiger partial charge on any atom is 0.216 e. The van der Waals surface area contributed by atoms with Gasteiger partial charge < -0.3 is 10.4 Å². The first-order valence-corrected chi connectivity index (χ1v) is 6.85. The lowest BCUT2D eigenvalue weighted by molar-refractivity contribution is -0.119. The van der Waals surface area contributed by atoms with Crippen LogP contribution in [0.2, 0.25) is 0 Å². The van der Waals surface area contributed by atoms with Crippen molar-refractivity contribution in [1.29, 1.82) is 0 Å². The fraction of sp³-hybridized carbons (Fsp3) is 0.533. The van der Waals surface area contributed by atoms with Crippen molar-refractivity contribution in [3.05, 3.63) is 35.9 Å². The number of rotatable bonds is 5. The Morgan fingerprint density at radius 2 is 2.00 bits per heavy atom. The van der Waals surface area contributed by atoms with Crippen molar-refractivity contribution in [1.82, 2.24) is 10.2 Å². The first-order valence-electron chi connectivity index (χ1n) is 6.85. The van der Waals surface area contributed by atoms with Crippen LogP contribution < -0.4 is 5.32 Å². The number of nitrogens with zero attached hydrogens (tertiary/aromatic N) is 1. The van der Waals surface area contributed by atoms with Gasteiger partial charge in [0.25, 0.3) is 0 Å². The molecule has 4 heteroatoms. The molecule has 1 amide bonds. The first kappa shape index (κ1) is 14.0. The molecule has 2 rings (SSSR count). The van der Waals surface area contributed by atoms with Crippen molar-refractivity contribution in [2.75, 3.05) is 13.2 Å². The molecule has 0 unspecified atom stereocenters. The third-order valence-corrected chi connectivity index (χ3v) is 3.78. The highest BCUT2D eigenvalue weighted by Crippen LogP contribution is 2.25. The van der Waals surface area contributed by atoms with Crippen LogP contribution in [0.3, 0.4) is 0 Å². The van der Waals surface area contributed by atoms with E-state index < -0.39 is 0 Å². The van der Waals surface area contributed by atoms with Gasteiger partial charge in [0.15, 0.2) is 0 Å². The molecule has 1 heterocycles. The minimum atomic E-state index is 0.00658. The minimum absolute atomic E-state index is 0.00658. The van der Waals surface area contributed by atoms with Crippen LogP contribution in [-0.2, 0) is 11.3 Å². The molecule has 0 radical (unpaired) electrons. The second kappa shape index (κ2) is 6.68. The Balaban J connectivity index is 2.01. The summed E-state index contributed by atoms with van der Waals surface area (Å²) in [5.74, 6) is 0.00658. The second-order valence-corrected chi connectivity index (χ2v) is 5.16. The maximum atomic E-state index is 11.0. The summed E-state index contributed by atoms with van der Waals surface area (Å²) in [5, 5.41) is 12.4. The topological polar surface area (TPSA) is 52.6 Å². The Morgan fingerprint density at radius 3 is 2.63 bits per heavy atom. The van der Waals surface area contributed by atoms with E-state index in [0.717, 1.165) is 19.4 Å². The lowest BCUT2D eigenvalue weighted by Gasteiger charge is -2.29. The van der Waals surface area contributed by atoms with Gasteiger partial charge in [0.05, 0.1) is 6.61 Å². The first-order chi connectivity index (χ1) is 9.20. The molecule has 1 aromatic rings. The summed E-state index contributed by atoms with van der Waals surface area (Å²) in [5.41, 5.74) is 1.25. The summed E-state index contributed by atoms with van der Waals surface area (Å²) in [6.45, 7) is 3.22. The van der Waals surface area contributed by atoms with Crippen molar-refractivity contribution in [2.24, 2.45) is 0 Å². The van der Waals surface area contributed by atoms with E-state index in [4.69, 9.17) is 0 Å². The Bertz CT molecular complexity index is 408. The summed E-state index contributed by atoms with van der Waals surface area (Å²) < 4.78 is 0. The zero-order valence-corrected chi connectivity index (χ0v) is 11.4. The van der Waals surface area contributed by atoms with Gasteiger partial charge >= 0.3 is 0 Å². The Labute approximate surface area is 114 Å². The molecule has 0 aromatic heterocycles. The summed E-state index contributed by atoms with van der Waals surface area (Å²) in [7, 11) is 0. The Morgan fingerprint density at radius 1 is 1.32 bits per heavy atom. The van der Waals surface area contributed by atoms with Crippen LogP contribution in [0.15, 0.2) is 30.3 Å². The van der Waals surface area contributed by atoms with E-state index in [1.54, 1.807) is 6.92 Å². The molecule has 1 aliphatic heterocycles. The minimum Gasteiger partial charge on any atom is -0.395 e. The molecule has 4 nitrogen and oxygen atoms in total. The van der Waals surface area contributed by atoms with Gasteiger partial charge in [-0.3, -0.25) is 9.69 Å². The van der Waals surface area contributed by atoms with E-state index in [1.807, 2.05) is 18.2 Å². The molecule has 0 bridgehead atoms. The van der Waals surface area contributed by atoms with E-state index in [9.17, 15) is 9.90 Å². The fourth-order valence-electron chi connectivity index (χ4n) is 2.74. The summed E-state index contributed by atoms with van der Waals surface area (Å²) in [6, 6.07) is 10.8. The van der Waals surface area contributed by atoms with Gasteiger partial charge in [-0.05, 0) is 18.4 Å². The van der Waals surface area contributed by atoms with Crippen LogP contribution in [0.1, 0.15) is 25.3 Å². The molecule has 1 fully saturated rings. The number of nitrogens with one attached hydrogen (secondary N) is 1. The number of carbonyl (C=O) groups excluding carboxylic acids is 1. The average Bonchev–Trinajstić information content (AvgIpc) is 2.80. The standard InChI is InChI=1S/C15H22N2O2/c1-12(19)16-9-14-7-8-15(11-18)17(14)10-13-5-3-2-4-6-13/h2-6,14-15,18H,7-11H2,1H3,(H,16,19)/t14-,15-/m0/s1. The van der Waals surface area contributed by atoms with Crippen LogP contribution in [0.4, 0.5) is 0 Å². The van der Waals surface area contributed by atoms with E-state index in [0.29, 0.717) is 12.6 Å². The quantitative estimate of drug-likeness (QED) is 0.837. The number of likely N-dealkylation sites (tertiary alicyclic amines) is 1. The number of amides is 1. The van der Waals surface area contributed by atoms with Crippen molar-refractivity contribution in [2.45, 2.75) is 38.4 Å². The van der Waals surface area contributed by atoms with Crippen LogP contribution in [0.5, 0.6) is 0 Å². The molecule has 0 aliphatic carbocycles. The highest BCUT2D eigenvalue weighted by molar-refractivity contribution is 5.72. The van der Waals surface area contributed by atoms with Gasteiger partial charge in [0.1, 0.15) is 0 Å². The molecule has 19 heavy (non-hydrogen) atoms. The summed E-state index contributed by atoms with van der Waals surface area (Å²) >= 11 is 0. The van der Waals surface area contributed by atoms with Gasteiger partial charge in [-0.15, -0.1) is 0 Å². The SMILES string of the molecule is CC(=O)NC[C@@H]1CC[C@@H](CO)N1Cc1ccccc1. The smallest absolute Gasteiger partial charge is 0.216 e. The van der Waals surface area contributed by atoms with Gasteiger partial charge in [0.2, 0.25) is 5.91 Å². The fourth-order valence-corrected chi connectivity index (χ4v) is 2.74. The predicted molar refractivity (Wildman–Crippen MR) is 74.6 cm³/mol. The van der Waals surface area contributed by atoms with Crippen LogP contribution >= 0.6 is 0 Å². The largest absolute Gasteiger partial charge is 0.395 e. The molecule has 1 aromatic carbocycles. The molecule has 2 N–H and O–H groups in total. The van der Waals surface area contributed by atoms with Crippen molar-refractivity contribution < 1.29 is 9.90 Å². The zero-order valence-electron chi connectivity index (χ0n) is 11.4. The Kier molecular flexibility index (Phi) is 4.93. The monoisotopic (exact) mass is 262 g/mol. The average molecular weight is 262 g/mol. The number of hydrogen-bond donors (Lipinski definition) is 2. The molecule has 2 atom stereocenters. The van der Waals surface area contributed by atoms with E-state index in [1.165, 1.54) is 5.56 Å². The van der Waals surface area contributed by atoms with Crippen LogP contribution in [-0.4, -0.2) is 41.1 Å². The molecule has 104 valence electrons. The molecular formula is C15H22N2O2. The van der Waals surface area contributed by atoms with Crippen molar-refractivity contribution in [3.8, 4) is 0 Å². The zero-order chi connectivity index (χ0) is 13.7. The number of hydrogen-bond acceptors (Lipinski definition) is 3. The predicted octanol–water partition coefficient (Wildman–Crippen LogP) is 1.15. The van der Waals surface area contributed by atoms with E-state index >= 15 is 0 Å². The normalized spacial score (nSPS) is 23.5. The second-order valence-electron chi connectivity index (χ2n) is 5.16. The van der Waals surface area contributed by atoms with E-state index in [-0.39, 0.29) is 18.6 Å². The third-order valence-electron chi connectivity index (χ3n) is 3.78. The van der Waals surface area contributed by atoms with Crippen molar-refractivity contribution in [3.63, 3.8) is 0 Å². The number of carbonyl (C=O) groups is 1. The third kappa shape index (κ3) is 3.78. The van der Waals surface area contributed by atoms with Crippen molar-refractivity contribution >= 4 is 5.91 Å². The van der Waals surface area contributed by atoms with Crippen LogP contribution in [0.25, 0.3) is 0 Å². The summed E-state index contributed by atoms with van der Waals surface area (Å²) in [4.78, 5) is 13.3. The molecule has 0 saturated carbocycles. The van der Waals surface area contributed by atoms with Gasteiger partial charge in [-0.2, -0.15) is 0 Å². The molecule has 1 saturated heterocycles. The number of benzene rings is 1. The lowest BCUT2D eigenvalue weighted by Crippen LogP contribution is -2.43. The highest BCUT2D eigenvalue weighted by atomic mass is 16.3. The molecule has 1 aliphatic rings. The highest BCUT2D eigenvalue weighted by Gasteiger charge is 2.32. The van der Waals surface area contributed by atoms with E-state index in [2.05, 4.69) is 22.3 Å². The molecular weight excluding hydrogens is 240 g/mol. The van der Waals surface area contributed by atoms with Gasteiger partial charge in [-0.25, -0.2) is 0 Å². The molecule has 0 spiro atoms. The summed E-state index contributed by atoms with van der Waals surface area (Å²) in [6.07, 6.45) is 2.02. The number of aliphatic hydroxyl groups is 1. The lowest BCUT2D eigenvalue weighted by atomic mass is 10.2.